The summed E-state index contributed by atoms with van der Waals surface area (Å²) in [5.41, 5.74) is 1.54. The first-order valence-corrected chi connectivity index (χ1v) is 5.42. The van der Waals surface area contributed by atoms with Crippen molar-refractivity contribution in [1.82, 2.24) is 0 Å². The van der Waals surface area contributed by atoms with E-state index in [2.05, 4.69) is 15.9 Å². The molecular formula is C12H15BrO. The van der Waals surface area contributed by atoms with Crippen LogP contribution in [-0.4, -0.2) is 5.78 Å². The molecule has 0 spiro atoms. The van der Waals surface area contributed by atoms with Crippen LogP contribution in [0.15, 0.2) is 22.7 Å². The Labute approximate surface area is 93.7 Å². The minimum Gasteiger partial charge on any atom is -0.294 e. The van der Waals surface area contributed by atoms with Crippen LogP contribution in [0, 0.1) is 12.3 Å². The van der Waals surface area contributed by atoms with Crippen LogP contribution in [0.5, 0.6) is 0 Å². The third kappa shape index (κ3) is 2.44. The zero-order valence-corrected chi connectivity index (χ0v) is 10.6. The number of benzene rings is 1. The maximum atomic E-state index is 12.0. The number of carbonyl (C=O) groups excluding carboxylic acids is 1. The van der Waals surface area contributed by atoms with Crippen molar-refractivity contribution in [2.75, 3.05) is 0 Å². The summed E-state index contributed by atoms with van der Waals surface area (Å²) in [6, 6.07) is 5.76. The Morgan fingerprint density at radius 2 is 1.86 bits per heavy atom. The lowest BCUT2D eigenvalue weighted by atomic mass is 9.85. The van der Waals surface area contributed by atoms with Crippen LogP contribution in [0.4, 0.5) is 0 Å². The van der Waals surface area contributed by atoms with Gasteiger partial charge in [-0.25, -0.2) is 0 Å². The molecule has 0 bridgehead atoms. The normalized spacial score (nSPS) is 11.5. The molecule has 0 heterocycles. The molecule has 1 nitrogen and oxygen atoms in total. The zero-order chi connectivity index (χ0) is 10.9. The van der Waals surface area contributed by atoms with Crippen LogP contribution in [0.2, 0.25) is 0 Å². The van der Waals surface area contributed by atoms with Gasteiger partial charge < -0.3 is 0 Å². The molecule has 0 aliphatic rings. The smallest absolute Gasteiger partial charge is 0.168 e. The summed E-state index contributed by atoms with van der Waals surface area (Å²) in [7, 11) is 0. The van der Waals surface area contributed by atoms with Crippen LogP contribution >= 0.6 is 15.9 Å². The minimum atomic E-state index is -0.307. The predicted octanol–water partition coefficient (Wildman–Crippen LogP) is 3.99. The number of aryl methyl sites for hydroxylation is 1. The molecule has 0 aliphatic heterocycles. The largest absolute Gasteiger partial charge is 0.294 e. The van der Waals surface area contributed by atoms with E-state index in [4.69, 9.17) is 0 Å². The molecular weight excluding hydrogens is 240 g/mol. The molecule has 0 N–H and O–H groups in total. The summed E-state index contributed by atoms with van der Waals surface area (Å²) in [6.07, 6.45) is 0. The fourth-order valence-electron chi connectivity index (χ4n) is 1.29. The van der Waals surface area contributed by atoms with Gasteiger partial charge in [-0.2, -0.15) is 0 Å². The van der Waals surface area contributed by atoms with E-state index in [1.54, 1.807) is 0 Å². The molecule has 0 fully saturated rings. The fraction of sp³-hybridized carbons (Fsp3) is 0.417. The lowest BCUT2D eigenvalue weighted by Crippen LogP contribution is -2.21. The average Bonchev–Trinajstić information content (AvgIpc) is 2.01. The molecule has 0 aliphatic carbocycles. The summed E-state index contributed by atoms with van der Waals surface area (Å²) >= 11 is 3.38. The highest BCUT2D eigenvalue weighted by atomic mass is 79.9. The zero-order valence-electron chi connectivity index (χ0n) is 9.02. The molecule has 0 radical (unpaired) electrons. The van der Waals surface area contributed by atoms with Gasteiger partial charge in [-0.3, -0.25) is 4.79 Å². The Hall–Kier alpha value is -0.630. The predicted molar refractivity (Wildman–Crippen MR) is 62.7 cm³/mol. The number of carbonyl (C=O) groups is 1. The fourth-order valence-corrected chi connectivity index (χ4v) is 1.76. The van der Waals surface area contributed by atoms with E-state index >= 15 is 0 Å². The second-order valence-corrected chi connectivity index (χ2v) is 5.45. The van der Waals surface area contributed by atoms with Crippen LogP contribution in [0.1, 0.15) is 36.7 Å². The third-order valence-electron chi connectivity index (χ3n) is 2.11. The Morgan fingerprint density at radius 1 is 1.29 bits per heavy atom. The number of hydrogen-bond donors (Lipinski definition) is 0. The quantitative estimate of drug-likeness (QED) is 0.693. The van der Waals surface area contributed by atoms with Crippen molar-refractivity contribution in [2.24, 2.45) is 5.41 Å². The first kappa shape index (κ1) is 11.4. The van der Waals surface area contributed by atoms with E-state index in [0.29, 0.717) is 0 Å². The number of halogens is 1. The molecule has 0 atom stereocenters. The Kier molecular flexibility index (Phi) is 3.15. The Balaban J connectivity index is 3.15. The second-order valence-electron chi connectivity index (χ2n) is 4.54. The molecule has 0 amide bonds. The van der Waals surface area contributed by atoms with Gasteiger partial charge in [-0.15, -0.1) is 0 Å². The monoisotopic (exact) mass is 254 g/mol. The molecule has 76 valence electrons. The maximum absolute atomic E-state index is 12.0. The van der Waals surface area contributed by atoms with Crippen molar-refractivity contribution in [1.29, 1.82) is 0 Å². The van der Waals surface area contributed by atoms with E-state index in [1.807, 2.05) is 45.9 Å². The van der Waals surface area contributed by atoms with E-state index in [0.717, 1.165) is 15.6 Å². The molecule has 14 heavy (non-hydrogen) atoms. The van der Waals surface area contributed by atoms with Gasteiger partial charge in [0.25, 0.3) is 0 Å². The van der Waals surface area contributed by atoms with Gasteiger partial charge in [0, 0.05) is 15.5 Å². The molecule has 0 unspecified atom stereocenters. The number of Topliss-reactive ketones (excluding diaryl/α,β-unsaturated/α-hetero) is 1. The number of rotatable bonds is 1. The Morgan fingerprint density at radius 3 is 2.29 bits per heavy atom. The summed E-state index contributed by atoms with van der Waals surface area (Å²) in [6.45, 7) is 7.79. The summed E-state index contributed by atoms with van der Waals surface area (Å²) < 4.78 is 1.01. The second kappa shape index (κ2) is 3.85. The van der Waals surface area contributed by atoms with E-state index in [1.165, 1.54) is 0 Å². The SMILES string of the molecule is Cc1cc(Br)ccc1C(=O)C(C)(C)C. The molecule has 0 aromatic heterocycles. The van der Waals surface area contributed by atoms with Crippen molar-refractivity contribution in [3.8, 4) is 0 Å². The minimum absolute atomic E-state index is 0.197. The average molecular weight is 255 g/mol. The van der Waals surface area contributed by atoms with E-state index in [9.17, 15) is 4.79 Å². The van der Waals surface area contributed by atoms with Crippen LogP contribution in [0.25, 0.3) is 0 Å². The van der Waals surface area contributed by atoms with Crippen molar-refractivity contribution in [2.45, 2.75) is 27.7 Å². The third-order valence-corrected chi connectivity index (χ3v) is 2.61. The van der Waals surface area contributed by atoms with Gasteiger partial charge in [-0.1, -0.05) is 42.8 Å². The van der Waals surface area contributed by atoms with Gasteiger partial charge in [0.15, 0.2) is 5.78 Å². The molecule has 0 saturated heterocycles. The van der Waals surface area contributed by atoms with Gasteiger partial charge in [-0.05, 0) is 24.6 Å². The van der Waals surface area contributed by atoms with Crippen molar-refractivity contribution >= 4 is 21.7 Å². The number of ketones is 1. The molecule has 1 rings (SSSR count). The van der Waals surface area contributed by atoms with Gasteiger partial charge >= 0.3 is 0 Å². The summed E-state index contributed by atoms with van der Waals surface area (Å²) in [5.74, 6) is 0.197. The van der Waals surface area contributed by atoms with Crippen LogP contribution in [-0.2, 0) is 0 Å². The van der Waals surface area contributed by atoms with E-state index in [-0.39, 0.29) is 11.2 Å². The van der Waals surface area contributed by atoms with Gasteiger partial charge in [0.05, 0.1) is 0 Å². The summed E-state index contributed by atoms with van der Waals surface area (Å²) in [5, 5.41) is 0. The maximum Gasteiger partial charge on any atom is 0.168 e. The highest BCUT2D eigenvalue weighted by Crippen LogP contribution is 2.24. The standard InChI is InChI=1S/C12H15BrO/c1-8-7-9(13)5-6-10(8)11(14)12(2,3)4/h5-7H,1-4H3. The van der Waals surface area contributed by atoms with Crippen LogP contribution < -0.4 is 0 Å². The highest BCUT2D eigenvalue weighted by Gasteiger charge is 2.23. The molecule has 2 heteroatoms. The Bertz CT molecular complexity index is 361. The van der Waals surface area contributed by atoms with Crippen molar-refractivity contribution in [3.63, 3.8) is 0 Å². The van der Waals surface area contributed by atoms with E-state index < -0.39 is 0 Å². The molecule has 1 aromatic carbocycles. The van der Waals surface area contributed by atoms with Crippen LogP contribution in [0.3, 0.4) is 0 Å². The molecule has 1 aromatic rings. The summed E-state index contributed by atoms with van der Waals surface area (Å²) in [4.78, 5) is 12.0. The molecule has 0 saturated carbocycles. The highest BCUT2D eigenvalue weighted by molar-refractivity contribution is 9.10. The topological polar surface area (TPSA) is 17.1 Å². The van der Waals surface area contributed by atoms with Crippen molar-refractivity contribution in [3.05, 3.63) is 33.8 Å². The lowest BCUT2D eigenvalue weighted by Gasteiger charge is -2.18. The first-order chi connectivity index (χ1) is 6.32. The van der Waals surface area contributed by atoms with Gasteiger partial charge in [0.2, 0.25) is 0 Å². The lowest BCUT2D eigenvalue weighted by molar-refractivity contribution is 0.0857. The number of hydrogen-bond acceptors (Lipinski definition) is 1. The first-order valence-electron chi connectivity index (χ1n) is 4.63. The van der Waals surface area contributed by atoms with Crippen molar-refractivity contribution < 1.29 is 4.79 Å². The van der Waals surface area contributed by atoms with Gasteiger partial charge in [0.1, 0.15) is 0 Å².